The van der Waals surface area contributed by atoms with Crippen LogP contribution < -0.4 is 5.32 Å². The van der Waals surface area contributed by atoms with E-state index in [9.17, 15) is 4.79 Å². The second-order valence-corrected chi connectivity index (χ2v) is 4.85. The predicted molar refractivity (Wildman–Crippen MR) is 74.5 cm³/mol. The van der Waals surface area contributed by atoms with Crippen LogP contribution in [0, 0.1) is 0 Å². The first-order valence-electron chi connectivity index (χ1n) is 6.84. The minimum absolute atomic E-state index is 0.272. The summed E-state index contributed by atoms with van der Waals surface area (Å²) >= 11 is 0. The first-order chi connectivity index (χ1) is 9.19. The van der Waals surface area contributed by atoms with E-state index in [1.165, 1.54) is 0 Å². The van der Waals surface area contributed by atoms with Crippen LogP contribution in [0.2, 0.25) is 0 Å². The Hall–Kier alpha value is -1.55. The number of carbonyl (C=O) groups excluding carboxylic acids is 1. The van der Waals surface area contributed by atoms with Gasteiger partial charge in [0.15, 0.2) is 0 Å². The van der Waals surface area contributed by atoms with Gasteiger partial charge >= 0.3 is 5.97 Å². The fourth-order valence-electron chi connectivity index (χ4n) is 2.32. The van der Waals surface area contributed by atoms with E-state index >= 15 is 0 Å². The number of carbonyl (C=O) groups is 1. The highest BCUT2D eigenvalue weighted by atomic mass is 16.5. The molecule has 4 heteroatoms. The SMILES string of the molecule is CCOC(=O)c1cccc(NC2CCOC(C)C2)c1. The summed E-state index contributed by atoms with van der Waals surface area (Å²) in [6.07, 6.45) is 2.27. The van der Waals surface area contributed by atoms with E-state index < -0.39 is 0 Å². The van der Waals surface area contributed by atoms with Crippen LogP contribution >= 0.6 is 0 Å². The quantitative estimate of drug-likeness (QED) is 0.849. The van der Waals surface area contributed by atoms with Gasteiger partial charge in [0.25, 0.3) is 0 Å². The Bertz CT molecular complexity index is 433. The van der Waals surface area contributed by atoms with E-state index in [2.05, 4.69) is 12.2 Å². The summed E-state index contributed by atoms with van der Waals surface area (Å²) in [7, 11) is 0. The topological polar surface area (TPSA) is 47.6 Å². The molecule has 0 spiro atoms. The van der Waals surface area contributed by atoms with Crippen molar-refractivity contribution >= 4 is 11.7 Å². The lowest BCUT2D eigenvalue weighted by Gasteiger charge is -2.28. The average Bonchev–Trinajstić information content (AvgIpc) is 2.39. The van der Waals surface area contributed by atoms with Crippen molar-refractivity contribution in [2.24, 2.45) is 0 Å². The molecular weight excluding hydrogens is 242 g/mol. The Kier molecular flexibility index (Phi) is 4.80. The molecule has 0 saturated carbocycles. The zero-order valence-electron chi connectivity index (χ0n) is 11.5. The van der Waals surface area contributed by atoms with Gasteiger partial charge in [-0.25, -0.2) is 4.79 Å². The van der Waals surface area contributed by atoms with Crippen LogP contribution in [0.1, 0.15) is 37.0 Å². The van der Waals surface area contributed by atoms with Gasteiger partial charge in [-0.2, -0.15) is 0 Å². The van der Waals surface area contributed by atoms with Crippen molar-refractivity contribution in [2.45, 2.75) is 38.8 Å². The maximum absolute atomic E-state index is 11.7. The molecule has 0 aromatic heterocycles. The lowest BCUT2D eigenvalue weighted by molar-refractivity contribution is 0.0232. The molecule has 0 amide bonds. The first kappa shape index (κ1) is 13.9. The van der Waals surface area contributed by atoms with E-state index in [1.807, 2.05) is 25.1 Å². The van der Waals surface area contributed by atoms with Gasteiger partial charge in [0.1, 0.15) is 0 Å². The number of benzene rings is 1. The van der Waals surface area contributed by atoms with Crippen molar-refractivity contribution < 1.29 is 14.3 Å². The molecular formula is C15H21NO3. The Morgan fingerprint density at radius 3 is 3.11 bits per heavy atom. The van der Waals surface area contributed by atoms with E-state index in [0.29, 0.717) is 24.3 Å². The summed E-state index contributed by atoms with van der Waals surface area (Å²) < 4.78 is 10.5. The lowest BCUT2D eigenvalue weighted by atomic mass is 10.0. The summed E-state index contributed by atoms with van der Waals surface area (Å²) in [5.41, 5.74) is 1.55. The van der Waals surface area contributed by atoms with Crippen LogP contribution in [0.4, 0.5) is 5.69 Å². The van der Waals surface area contributed by atoms with Crippen molar-refractivity contribution in [2.75, 3.05) is 18.5 Å². The molecule has 2 atom stereocenters. The summed E-state index contributed by atoms with van der Waals surface area (Å²) in [6, 6.07) is 7.87. The molecule has 4 nitrogen and oxygen atoms in total. The largest absolute Gasteiger partial charge is 0.462 e. The van der Waals surface area contributed by atoms with Crippen molar-refractivity contribution in [3.63, 3.8) is 0 Å². The Labute approximate surface area is 114 Å². The van der Waals surface area contributed by atoms with Gasteiger partial charge in [0.2, 0.25) is 0 Å². The summed E-state index contributed by atoms with van der Waals surface area (Å²) in [6.45, 7) is 5.08. The zero-order chi connectivity index (χ0) is 13.7. The van der Waals surface area contributed by atoms with Gasteiger partial charge in [-0.15, -0.1) is 0 Å². The Morgan fingerprint density at radius 2 is 2.37 bits per heavy atom. The third-order valence-electron chi connectivity index (χ3n) is 3.23. The van der Waals surface area contributed by atoms with Crippen molar-refractivity contribution in [3.8, 4) is 0 Å². The fourth-order valence-corrected chi connectivity index (χ4v) is 2.32. The number of rotatable bonds is 4. The van der Waals surface area contributed by atoms with E-state index in [1.54, 1.807) is 6.07 Å². The number of anilines is 1. The number of esters is 1. The maximum atomic E-state index is 11.7. The molecule has 2 rings (SSSR count). The summed E-state index contributed by atoms with van der Waals surface area (Å²) in [4.78, 5) is 11.7. The first-order valence-corrected chi connectivity index (χ1v) is 6.84. The summed E-state index contributed by atoms with van der Waals surface area (Å²) in [5.74, 6) is -0.272. The van der Waals surface area contributed by atoms with E-state index in [0.717, 1.165) is 25.1 Å². The predicted octanol–water partition coefficient (Wildman–Crippen LogP) is 2.84. The van der Waals surface area contributed by atoms with Gasteiger partial charge in [0, 0.05) is 18.3 Å². The highest BCUT2D eigenvalue weighted by Crippen LogP contribution is 2.19. The van der Waals surface area contributed by atoms with Crippen LogP contribution in [0.15, 0.2) is 24.3 Å². The molecule has 1 N–H and O–H groups in total. The number of hydrogen-bond acceptors (Lipinski definition) is 4. The molecule has 1 fully saturated rings. The summed E-state index contributed by atoms with van der Waals surface area (Å²) in [5, 5.41) is 3.46. The second kappa shape index (κ2) is 6.57. The van der Waals surface area contributed by atoms with Gasteiger partial charge in [0.05, 0.1) is 18.3 Å². The third-order valence-corrected chi connectivity index (χ3v) is 3.23. The van der Waals surface area contributed by atoms with E-state index in [-0.39, 0.29) is 5.97 Å². The monoisotopic (exact) mass is 263 g/mol. The van der Waals surface area contributed by atoms with Crippen molar-refractivity contribution in [1.29, 1.82) is 0 Å². The minimum atomic E-state index is -0.272. The number of hydrogen-bond donors (Lipinski definition) is 1. The number of ether oxygens (including phenoxy) is 2. The van der Waals surface area contributed by atoms with Gasteiger partial charge in [-0.1, -0.05) is 6.07 Å². The molecule has 104 valence electrons. The molecule has 0 aliphatic carbocycles. The second-order valence-electron chi connectivity index (χ2n) is 4.85. The van der Waals surface area contributed by atoms with Crippen LogP contribution in [0.25, 0.3) is 0 Å². The lowest BCUT2D eigenvalue weighted by Crippen LogP contribution is -2.32. The third kappa shape index (κ3) is 3.96. The van der Waals surface area contributed by atoms with Crippen LogP contribution in [-0.4, -0.2) is 31.3 Å². The zero-order valence-corrected chi connectivity index (χ0v) is 11.5. The maximum Gasteiger partial charge on any atom is 0.338 e. The molecule has 1 aliphatic rings. The fraction of sp³-hybridized carbons (Fsp3) is 0.533. The molecule has 2 unspecified atom stereocenters. The molecule has 1 aliphatic heterocycles. The van der Waals surface area contributed by atoms with Crippen LogP contribution in [0.5, 0.6) is 0 Å². The molecule has 1 aromatic rings. The van der Waals surface area contributed by atoms with Crippen LogP contribution in [0.3, 0.4) is 0 Å². The molecule has 0 bridgehead atoms. The van der Waals surface area contributed by atoms with Gasteiger partial charge in [-0.3, -0.25) is 0 Å². The Balaban J connectivity index is 2.00. The minimum Gasteiger partial charge on any atom is -0.462 e. The average molecular weight is 263 g/mol. The molecule has 1 aromatic carbocycles. The Morgan fingerprint density at radius 1 is 1.53 bits per heavy atom. The highest BCUT2D eigenvalue weighted by molar-refractivity contribution is 5.90. The van der Waals surface area contributed by atoms with Gasteiger partial charge in [-0.05, 0) is 44.9 Å². The van der Waals surface area contributed by atoms with Crippen molar-refractivity contribution in [1.82, 2.24) is 0 Å². The normalized spacial score (nSPS) is 22.8. The number of nitrogens with one attached hydrogen (secondary N) is 1. The van der Waals surface area contributed by atoms with Gasteiger partial charge < -0.3 is 14.8 Å². The molecule has 0 radical (unpaired) electrons. The van der Waals surface area contributed by atoms with Crippen molar-refractivity contribution in [3.05, 3.63) is 29.8 Å². The molecule has 1 heterocycles. The smallest absolute Gasteiger partial charge is 0.338 e. The molecule has 1 saturated heterocycles. The molecule has 19 heavy (non-hydrogen) atoms. The highest BCUT2D eigenvalue weighted by Gasteiger charge is 2.19. The van der Waals surface area contributed by atoms with Crippen LogP contribution in [-0.2, 0) is 9.47 Å². The van der Waals surface area contributed by atoms with E-state index in [4.69, 9.17) is 9.47 Å². The standard InChI is InChI=1S/C15H21NO3/c1-3-18-15(17)12-5-4-6-13(10-12)16-14-7-8-19-11(2)9-14/h4-6,10-11,14,16H,3,7-9H2,1-2H3.